The quantitative estimate of drug-likeness (QED) is 0.705. The molecule has 4 heteroatoms. The third kappa shape index (κ3) is 1.49. The molecule has 17 heavy (non-hydrogen) atoms. The van der Waals surface area contributed by atoms with E-state index in [2.05, 4.69) is 57.4 Å². The predicted octanol–water partition coefficient (Wildman–Crippen LogP) is 2.61. The molecule has 0 bridgehead atoms. The van der Waals surface area contributed by atoms with Crippen LogP contribution in [-0.2, 0) is 7.05 Å². The molecule has 0 aliphatic carbocycles. The van der Waals surface area contributed by atoms with Crippen LogP contribution in [0.5, 0.6) is 0 Å². The van der Waals surface area contributed by atoms with E-state index in [4.69, 9.17) is 0 Å². The molecule has 0 unspecified atom stereocenters. The number of aromatic nitrogens is 3. The second kappa shape index (κ2) is 3.66. The molecule has 0 aliphatic heterocycles. The minimum absolute atomic E-state index is 0.785. The topological polar surface area (TPSA) is 45.6 Å². The summed E-state index contributed by atoms with van der Waals surface area (Å²) in [5, 5.41) is 4.24. The number of aromatic amines is 1. The first-order chi connectivity index (χ1) is 8.29. The summed E-state index contributed by atoms with van der Waals surface area (Å²) >= 11 is 0. The zero-order valence-corrected chi connectivity index (χ0v) is 9.86. The Kier molecular flexibility index (Phi) is 2.14. The molecule has 2 heterocycles. The maximum atomic E-state index is 4.25. The fraction of sp³-hybridized carbons (Fsp3) is 0.154. The lowest BCUT2D eigenvalue weighted by molar-refractivity contribution is 0.970. The van der Waals surface area contributed by atoms with Gasteiger partial charge in [-0.3, -0.25) is 0 Å². The summed E-state index contributed by atoms with van der Waals surface area (Å²) < 4.78 is 2.13. The Bertz CT molecular complexity index is 663. The van der Waals surface area contributed by atoms with Crippen LogP contribution in [0.3, 0.4) is 0 Å². The normalized spacial score (nSPS) is 10.9. The van der Waals surface area contributed by atoms with Gasteiger partial charge in [-0.25, -0.2) is 4.98 Å². The summed E-state index contributed by atoms with van der Waals surface area (Å²) in [7, 11) is 3.91. The van der Waals surface area contributed by atoms with Crippen LogP contribution in [0.1, 0.15) is 0 Å². The Morgan fingerprint density at radius 3 is 2.88 bits per heavy atom. The highest BCUT2D eigenvalue weighted by atomic mass is 15.1. The van der Waals surface area contributed by atoms with Crippen molar-refractivity contribution in [3.63, 3.8) is 0 Å². The molecule has 0 spiro atoms. The van der Waals surface area contributed by atoms with Gasteiger partial charge in [0.25, 0.3) is 0 Å². The summed E-state index contributed by atoms with van der Waals surface area (Å²) in [5.41, 5.74) is 3.44. The lowest BCUT2D eigenvalue weighted by atomic mass is 10.1. The van der Waals surface area contributed by atoms with Crippen molar-refractivity contribution in [1.82, 2.24) is 14.5 Å². The Morgan fingerprint density at radius 1 is 1.29 bits per heavy atom. The van der Waals surface area contributed by atoms with E-state index in [1.807, 2.05) is 13.2 Å². The number of imidazole rings is 1. The molecule has 0 fully saturated rings. The Morgan fingerprint density at radius 2 is 2.12 bits per heavy atom. The van der Waals surface area contributed by atoms with E-state index in [9.17, 15) is 0 Å². The van der Waals surface area contributed by atoms with Gasteiger partial charge in [0, 0.05) is 36.8 Å². The minimum atomic E-state index is 0.785. The standard InChI is InChI=1S/C13H14N4/c1-14-13-15-7-11(16-13)10-8-17(2)12-6-4-3-5-9(10)12/h3-8H,1-2H3,(H2,14,15,16). The number of nitrogens with zero attached hydrogens (tertiary/aromatic N) is 2. The lowest BCUT2D eigenvalue weighted by Crippen LogP contribution is -1.88. The van der Waals surface area contributed by atoms with Crippen molar-refractivity contribution in [2.75, 3.05) is 12.4 Å². The average Bonchev–Trinajstić information content (AvgIpc) is 2.95. The number of rotatable bonds is 2. The number of aryl methyl sites for hydroxylation is 1. The van der Waals surface area contributed by atoms with Crippen LogP contribution in [0, 0.1) is 0 Å². The number of hydrogen-bond donors (Lipinski definition) is 2. The van der Waals surface area contributed by atoms with Crippen molar-refractivity contribution >= 4 is 16.9 Å². The molecule has 0 saturated heterocycles. The molecule has 4 nitrogen and oxygen atoms in total. The number of hydrogen-bond acceptors (Lipinski definition) is 2. The number of nitrogens with one attached hydrogen (secondary N) is 2. The zero-order valence-electron chi connectivity index (χ0n) is 9.86. The van der Waals surface area contributed by atoms with Crippen LogP contribution in [0.2, 0.25) is 0 Å². The molecule has 0 atom stereocenters. The molecular weight excluding hydrogens is 212 g/mol. The summed E-state index contributed by atoms with van der Waals surface area (Å²) in [6.07, 6.45) is 3.98. The number of para-hydroxylation sites is 1. The molecule has 0 saturated carbocycles. The van der Waals surface area contributed by atoms with E-state index in [1.165, 1.54) is 16.5 Å². The van der Waals surface area contributed by atoms with Crippen LogP contribution >= 0.6 is 0 Å². The number of anilines is 1. The molecule has 0 radical (unpaired) electrons. The van der Waals surface area contributed by atoms with E-state index in [1.54, 1.807) is 0 Å². The minimum Gasteiger partial charge on any atom is -0.359 e. The van der Waals surface area contributed by atoms with Gasteiger partial charge >= 0.3 is 0 Å². The fourth-order valence-electron chi connectivity index (χ4n) is 2.14. The maximum Gasteiger partial charge on any atom is 0.200 e. The van der Waals surface area contributed by atoms with Crippen molar-refractivity contribution in [2.24, 2.45) is 7.05 Å². The monoisotopic (exact) mass is 226 g/mol. The van der Waals surface area contributed by atoms with E-state index in [0.717, 1.165) is 11.6 Å². The molecule has 3 aromatic rings. The van der Waals surface area contributed by atoms with Crippen LogP contribution in [-0.4, -0.2) is 21.6 Å². The highest BCUT2D eigenvalue weighted by Crippen LogP contribution is 2.29. The lowest BCUT2D eigenvalue weighted by Gasteiger charge is -1.95. The summed E-state index contributed by atoms with van der Waals surface area (Å²) in [5.74, 6) is 0.785. The summed E-state index contributed by atoms with van der Waals surface area (Å²) in [6.45, 7) is 0. The van der Waals surface area contributed by atoms with Crippen molar-refractivity contribution in [2.45, 2.75) is 0 Å². The van der Waals surface area contributed by atoms with Crippen LogP contribution in [0.15, 0.2) is 36.7 Å². The predicted molar refractivity (Wildman–Crippen MR) is 70.0 cm³/mol. The van der Waals surface area contributed by atoms with E-state index in [0.29, 0.717) is 0 Å². The molecular formula is C13H14N4. The smallest absolute Gasteiger partial charge is 0.200 e. The second-order valence-electron chi connectivity index (χ2n) is 4.07. The zero-order chi connectivity index (χ0) is 11.8. The Labute approximate surface area is 99.3 Å². The highest BCUT2D eigenvalue weighted by molar-refractivity contribution is 5.95. The molecule has 0 amide bonds. The van der Waals surface area contributed by atoms with Crippen LogP contribution in [0.25, 0.3) is 22.2 Å². The van der Waals surface area contributed by atoms with E-state index < -0.39 is 0 Å². The number of benzene rings is 1. The summed E-state index contributed by atoms with van der Waals surface area (Å²) in [6, 6.07) is 8.36. The van der Waals surface area contributed by atoms with Gasteiger partial charge in [0.1, 0.15) is 0 Å². The molecule has 2 aromatic heterocycles. The van der Waals surface area contributed by atoms with Crippen LogP contribution < -0.4 is 5.32 Å². The van der Waals surface area contributed by atoms with Gasteiger partial charge in [0.05, 0.1) is 11.9 Å². The largest absolute Gasteiger partial charge is 0.359 e. The summed E-state index contributed by atoms with van der Waals surface area (Å²) in [4.78, 5) is 7.50. The third-order valence-electron chi connectivity index (χ3n) is 3.00. The first-order valence-corrected chi connectivity index (χ1v) is 5.57. The average molecular weight is 226 g/mol. The van der Waals surface area contributed by atoms with Gasteiger partial charge in [-0.05, 0) is 6.07 Å². The van der Waals surface area contributed by atoms with Gasteiger partial charge in [0.2, 0.25) is 0 Å². The maximum absolute atomic E-state index is 4.25. The van der Waals surface area contributed by atoms with Gasteiger partial charge in [-0.2, -0.15) is 0 Å². The molecule has 2 N–H and O–H groups in total. The first kappa shape index (κ1) is 9.96. The molecule has 86 valence electrons. The molecule has 3 rings (SSSR count). The van der Waals surface area contributed by atoms with Crippen molar-refractivity contribution in [3.05, 3.63) is 36.7 Å². The van der Waals surface area contributed by atoms with Crippen molar-refractivity contribution in [3.8, 4) is 11.3 Å². The second-order valence-corrected chi connectivity index (χ2v) is 4.07. The third-order valence-corrected chi connectivity index (χ3v) is 3.00. The fourth-order valence-corrected chi connectivity index (χ4v) is 2.14. The SMILES string of the molecule is CNc1ncc(-c2cn(C)c3ccccc23)[nH]1. The van der Waals surface area contributed by atoms with E-state index >= 15 is 0 Å². The number of fused-ring (bicyclic) bond motifs is 1. The van der Waals surface area contributed by atoms with Gasteiger partial charge < -0.3 is 14.9 Å². The van der Waals surface area contributed by atoms with Crippen LogP contribution in [0.4, 0.5) is 5.95 Å². The van der Waals surface area contributed by atoms with E-state index in [-0.39, 0.29) is 0 Å². The molecule has 1 aromatic carbocycles. The van der Waals surface area contributed by atoms with Gasteiger partial charge in [-0.15, -0.1) is 0 Å². The van der Waals surface area contributed by atoms with Crippen molar-refractivity contribution < 1.29 is 0 Å². The highest BCUT2D eigenvalue weighted by Gasteiger charge is 2.09. The first-order valence-electron chi connectivity index (χ1n) is 5.57. The Hall–Kier alpha value is -2.23. The molecule has 0 aliphatic rings. The number of H-pyrrole nitrogens is 1. The van der Waals surface area contributed by atoms with Gasteiger partial charge in [0.15, 0.2) is 5.95 Å². The Balaban J connectivity index is 2.23. The van der Waals surface area contributed by atoms with Gasteiger partial charge in [-0.1, -0.05) is 18.2 Å². The van der Waals surface area contributed by atoms with Crippen molar-refractivity contribution in [1.29, 1.82) is 0 Å².